The normalized spacial score (nSPS) is 25.3. The topological polar surface area (TPSA) is 55.1 Å². The summed E-state index contributed by atoms with van der Waals surface area (Å²) in [7, 11) is 0. The third kappa shape index (κ3) is 2.27. The Morgan fingerprint density at radius 1 is 1.39 bits per heavy atom. The molecule has 2 atom stereocenters. The molecule has 0 bridgehead atoms. The molecule has 1 amide bonds. The molecule has 0 radical (unpaired) electrons. The zero-order valence-electron chi connectivity index (χ0n) is 11.4. The summed E-state index contributed by atoms with van der Waals surface area (Å²) in [6.07, 6.45) is 1.86. The average Bonchev–Trinajstić information content (AvgIpc) is 2.38. The second kappa shape index (κ2) is 4.73. The van der Waals surface area contributed by atoms with Gasteiger partial charge in [-0.25, -0.2) is 0 Å². The fraction of sp³-hybridized carbons (Fsp3) is 0.533. The Morgan fingerprint density at radius 2 is 2.00 bits per heavy atom. The van der Waals surface area contributed by atoms with Crippen LogP contribution in [0.2, 0.25) is 0 Å². The lowest BCUT2D eigenvalue weighted by Crippen LogP contribution is -2.64. The molecular formula is C15H22N2O. The van der Waals surface area contributed by atoms with Gasteiger partial charge in [0.05, 0.1) is 0 Å². The molecule has 0 aliphatic heterocycles. The van der Waals surface area contributed by atoms with E-state index in [1.54, 1.807) is 0 Å². The summed E-state index contributed by atoms with van der Waals surface area (Å²) in [5.74, 6) is 0.00243. The molecule has 0 saturated heterocycles. The van der Waals surface area contributed by atoms with Gasteiger partial charge < -0.3 is 11.1 Å². The fourth-order valence-corrected chi connectivity index (χ4v) is 2.34. The van der Waals surface area contributed by atoms with Gasteiger partial charge in [0.15, 0.2) is 0 Å². The highest BCUT2D eigenvalue weighted by Crippen LogP contribution is 2.39. The highest BCUT2D eigenvalue weighted by atomic mass is 16.1. The van der Waals surface area contributed by atoms with E-state index in [1.807, 2.05) is 24.3 Å². The van der Waals surface area contributed by atoms with E-state index in [9.17, 15) is 4.79 Å². The number of benzene rings is 1. The van der Waals surface area contributed by atoms with Crippen LogP contribution in [0.25, 0.3) is 0 Å². The maximum atomic E-state index is 12.1. The van der Waals surface area contributed by atoms with E-state index in [-0.39, 0.29) is 23.4 Å². The Morgan fingerprint density at radius 3 is 2.44 bits per heavy atom. The van der Waals surface area contributed by atoms with Crippen LogP contribution < -0.4 is 11.1 Å². The van der Waals surface area contributed by atoms with Crippen molar-refractivity contribution in [1.82, 2.24) is 5.32 Å². The summed E-state index contributed by atoms with van der Waals surface area (Å²) in [5, 5.41) is 3.07. The van der Waals surface area contributed by atoms with Gasteiger partial charge in [-0.05, 0) is 30.5 Å². The number of rotatable bonds is 3. The maximum Gasteiger partial charge on any atom is 0.251 e. The molecule has 0 aromatic heterocycles. The third-order valence-electron chi connectivity index (χ3n) is 4.27. The van der Waals surface area contributed by atoms with Crippen LogP contribution in [0.15, 0.2) is 24.3 Å². The summed E-state index contributed by atoms with van der Waals surface area (Å²) in [4.78, 5) is 12.1. The molecule has 3 heteroatoms. The molecule has 0 spiro atoms. The van der Waals surface area contributed by atoms with Crippen molar-refractivity contribution in [3.8, 4) is 0 Å². The molecule has 1 aliphatic rings. The average molecular weight is 246 g/mol. The third-order valence-corrected chi connectivity index (χ3v) is 4.27. The number of aryl methyl sites for hydroxylation is 1. The lowest BCUT2D eigenvalue weighted by molar-refractivity contribution is 0.0586. The van der Waals surface area contributed by atoms with Crippen molar-refractivity contribution >= 4 is 5.91 Å². The molecule has 1 aliphatic carbocycles. The summed E-state index contributed by atoms with van der Waals surface area (Å²) in [6, 6.07) is 8.16. The number of amides is 1. The molecule has 1 saturated carbocycles. The molecule has 0 heterocycles. The van der Waals surface area contributed by atoms with Crippen molar-refractivity contribution in [2.45, 2.75) is 45.7 Å². The van der Waals surface area contributed by atoms with E-state index in [0.717, 1.165) is 18.4 Å². The smallest absolute Gasteiger partial charge is 0.251 e. The van der Waals surface area contributed by atoms with E-state index >= 15 is 0 Å². The minimum Gasteiger partial charge on any atom is -0.349 e. The zero-order valence-corrected chi connectivity index (χ0v) is 11.4. The maximum absolute atomic E-state index is 12.1. The first-order chi connectivity index (χ1) is 8.45. The Bertz CT molecular complexity index is 436. The summed E-state index contributed by atoms with van der Waals surface area (Å²) < 4.78 is 0. The second-order valence-corrected chi connectivity index (χ2v) is 5.74. The Kier molecular flexibility index (Phi) is 3.44. The first-order valence-corrected chi connectivity index (χ1v) is 6.60. The quantitative estimate of drug-likeness (QED) is 0.858. The van der Waals surface area contributed by atoms with Gasteiger partial charge in [0, 0.05) is 23.1 Å². The van der Waals surface area contributed by atoms with E-state index in [2.05, 4.69) is 26.1 Å². The molecular weight excluding hydrogens is 224 g/mol. The van der Waals surface area contributed by atoms with Crippen LogP contribution in [0.3, 0.4) is 0 Å². The van der Waals surface area contributed by atoms with Gasteiger partial charge >= 0.3 is 0 Å². The van der Waals surface area contributed by atoms with Gasteiger partial charge in [-0.15, -0.1) is 0 Å². The largest absolute Gasteiger partial charge is 0.349 e. The van der Waals surface area contributed by atoms with Crippen molar-refractivity contribution in [1.29, 1.82) is 0 Å². The van der Waals surface area contributed by atoms with Crippen LogP contribution in [0.4, 0.5) is 0 Å². The molecule has 3 nitrogen and oxygen atoms in total. The van der Waals surface area contributed by atoms with Gasteiger partial charge in [-0.3, -0.25) is 4.79 Å². The lowest BCUT2D eigenvalue weighted by Gasteiger charge is -2.50. The molecule has 1 fully saturated rings. The lowest BCUT2D eigenvalue weighted by atomic mass is 9.63. The van der Waals surface area contributed by atoms with Crippen LogP contribution in [0, 0.1) is 5.41 Å². The van der Waals surface area contributed by atoms with Crippen LogP contribution in [-0.4, -0.2) is 18.0 Å². The van der Waals surface area contributed by atoms with Gasteiger partial charge in [0.2, 0.25) is 0 Å². The van der Waals surface area contributed by atoms with Crippen LogP contribution in [0.1, 0.15) is 43.1 Å². The number of carbonyl (C=O) groups excluding carboxylic acids is 1. The number of carbonyl (C=O) groups is 1. The molecule has 98 valence electrons. The van der Waals surface area contributed by atoms with E-state index in [1.165, 1.54) is 5.56 Å². The van der Waals surface area contributed by atoms with Crippen LogP contribution in [-0.2, 0) is 6.42 Å². The van der Waals surface area contributed by atoms with Crippen molar-refractivity contribution < 1.29 is 4.79 Å². The molecule has 2 unspecified atom stereocenters. The summed E-state index contributed by atoms with van der Waals surface area (Å²) >= 11 is 0. The van der Waals surface area contributed by atoms with Crippen molar-refractivity contribution in [2.24, 2.45) is 11.1 Å². The van der Waals surface area contributed by atoms with Gasteiger partial charge in [0.25, 0.3) is 5.91 Å². The number of nitrogens with one attached hydrogen (secondary N) is 1. The Hall–Kier alpha value is -1.35. The predicted molar refractivity (Wildman–Crippen MR) is 73.4 cm³/mol. The Balaban J connectivity index is 2.00. The van der Waals surface area contributed by atoms with Crippen LogP contribution >= 0.6 is 0 Å². The van der Waals surface area contributed by atoms with E-state index in [4.69, 9.17) is 5.73 Å². The van der Waals surface area contributed by atoms with E-state index < -0.39 is 0 Å². The molecule has 3 N–H and O–H groups in total. The van der Waals surface area contributed by atoms with Gasteiger partial charge in [-0.2, -0.15) is 0 Å². The van der Waals surface area contributed by atoms with E-state index in [0.29, 0.717) is 0 Å². The highest BCUT2D eigenvalue weighted by molar-refractivity contribution is 5.94. The second-order valence-electron chi connectivity index (χ2n) is 5.74. The minimum atomic E-state index is -0.000973. The van der Waals surface area contributed by atoms with Crippen molar-refractivity contribution in [3.63, 3.8) is 0 Å². The minimum absolute atomic E-state index is 0.000973. The molecule has 1 aromatic rings. The summed E-state index contributed by atoms with van der Waals surface area (Å²) in [5.41, 5.74) is 7.92. The predicted octanol–water partition coefficient (Wildman–Crippen LogP) is 2.10. The monoisotopic (exact) mass is 246 g/mol. The summed E-state index contributed by atoms with van der Waals surface area (Å²) in [6.45, 7) is 6.31. The Labute approximate surface area is 109 Å². The fourth-order valence-electron chi connectivity index (χ4n) is 2.34. The van der Waals surface area contributed by atoms with Crippen molar-refractivity contribution in [2.75, 3.05) is 0 Å². The molecule has 18 heavy (non-hydrogen) atoms. The number of hydrogen-bond donors (Lipinski definition) is 2. The van der Waals surface area contributed by atoms with Crippen LogP contribution in [0.5, 0.6) is 0 Å². The number of hydrogen-bond acceptors (Lipinski definition) is 2. The molecule has 1 aromatic carbocycles. The van der Waals surface area contributed by atoms with Gasteiger partial charge in [-0.1, -0.05) is 32.9 Å². The first-order valence-electron chi connectivity index (χ1n) is 6.60. The van der Waals surface area contributed by atoms with Crippen molar-refractivity contribution in [3.05, 3.63) is 35.4 Å². The first kappa shape index (κ1) is 13.1. The highest BCUT2D eigenvalue weighted by Gasteiger charge is 2.46. The zero-order chi connectivity index (χ0) is 13.3. The number of nitrogens with two attached hydrogens (primary N) is 1. The molecule has 2 rings (SSSR count). The SMILES string of the molecule is CCc1ccc(C(=O)NC2CC(N)C2(C)C)cc1. The van der Waals surface area contributed by atoms with Gasteiger partial charge in [0.1, 0.15) is 0 Å². The standard InChI is InChI=1S/C15H22N2O/c1-4-10-5-7-11(8-6-10)14(18)17-13-9-12(16)15(13,2)3/h5-8,12-13H,4,9,16H2,1-3H3,(H,17,18).